The van der Waals surface area contributed by atoms with Gasteiger partial charge in [-0.25, -0.2) is 0 Å². The molecule has 2 fully saturated rings. The van der Waals surface area contributed by atoms with Crippen molar-refractivity contribution < 1.29 is 27.6 Å². The topological polar surface area (TPSA) is 135 Å². The van der Waals surface area contributed by atoms with Gasteiger partial charge in [0.2, 0.25) is 11.8 Å². The minimum atomic E-state index is -5.19. The lowest BCUT2D eigenvalue weighted by atomic mass is 9.85. The molecule has 220 valence electrons. The first-order valence-corrected chi connectivity index (χ1v) is 13.4. The number of aromatic nitrogens is 1. The molecule has 1 aliphatic carbocycles. The van der Waals surface area contributed by atoms with Gasteiger partial charge in [0.25, 0.3) is 5.56 Å². The molecule has 2 aromatic rings. The lowest BCUT2D eigenvalue weighted by Crippen LogP contribution is -2.61. The van der Waals surface area contributed by atoms with E-state index in [4.69, 9.17) is 0 Å². The number of rotatable bonds is 6. The van der Waals surface area contributed by atoms with Gasteiger partial charge in [0.15, 0.2) is 0 Å². The zero-order valence-electron chi connectivity index (χ0n) is 23.8. The number of nitrogens with zero attached hydrogens (tertiary/aromatic N) is 2. The molecule has 0 spiro atoms. The lowest BCUT2D eigenvalue weighted by Gasteiger charge is -2.37. The number of halogens is 3. The standard InChI is InChI=1S/C29H34F3N5O4/c1-14-7-8-15-10-16(23(38)35-19(15)9-14)11-17(12-33)34-24(39)21-20-18(28(20,5)6)13-37(21)25(40)22(27(2,3)4)36-26(41)29(30,31)32/h7-10,17-18,20-22H,11,13H2,1-6H3,(H,34,39)(H,35,38)(H,36,41)/t17?,18-,20-,21-,22+/m0/s1. The van der Waals surface area contributed by atoms with Crippen LogP contribution in [0.4, 0.5) is 13.2 Å². The number of carbonyl (C=O) groups excluding carboxylic acids is 3. The highest BCUT2D eigenvalue weighted by atomic mass is 19.4. The van der Waals surface area contributed by atoms with Gasteiger partial charge in [-0.05, 0) is 52.7 Å². The molecule has 12 heteroatoms. The maximum absolute atomic E-state index is 13.6. The number of piperidine rings is 1. The predicted octanol–water partition coefficient (Wildman–Crippen LogP) is 2.96. The molecule has 1 aromatic heterocycles. The van der Waals surface area contributed by atoms with Crippen LogP contribution in [0.1, 0.15) is 45.7 Å². The van der Waals surface area contributed by atoms with Crippen LogP contribution in [-0.2, 0) is 20.8 Å². The molecule has 3 amide bonds. The average molecular weight is 574 g/mol. The van der Waals surface area contributed by atoms with Gasteiger partial charge in [-0.3, -0.25) is 19.2 Å². The number of amides is 3. The van der Waals surface area contributed by atoms with Crippen LogP contribution in [0.2, 0.25) is 0 Å². The smallest absolute Gasteiger partial charge is 0.338 e. The third-order valence-electron chi connectivity index (χ3n) is 8.38. The van der Waals surface area contributed by atoms with Crippen molar-refractivity contribution in [3.63, 3.8) is 0 Å². The predicted molar refractivity (Wildman–Crippen MR) is 144 cm³/mol. The SMILES string of the molecule is Cc1ccc2cc(CC(C#N)NC(=O)[C@@H]3[C@@H]4[C@H](CN3C(=O)[C@@H](NC(=O)C(F)(F)F)C(C)(C)C)C4(C)C)c(=O)[nH]c2c1. The Balaban J connectivity index is 1.57. The monoisotopic (exact) mass is 573 g/mol. The first-order chi connectivity index (χ1) is 18.9. The molecule has 1 aliphatic heterocycles. The van der Waals surface area contributed by atoms with Crippen LogP contribution >= 0.6 is 0 Å². The number of carbonyl (C=O) groups is 3. The average Bonchev–Trinajstić information content (AvgIpc) is 3.18. The van der Waals surface area contributed by atoms with Crippen molar-refractivity contribution >= 4 is 28.6 Å². The fraction of sp³-hybridized carbons (Fsp3) is 0.552. The van der Waals surface area contributed by atoms with Crippen molar-refractivity contribution in [2.45, 2.75) is 72.3 Å². The Hall–Kier alpha value is -3.88. The molecule has 1 saturated heterocycles. The van der Waals surface area contributed by atoms with Gasteiger partial charge in [-0.1, -0.05) is 46.8 Å². The highest BCUT2D eigenvalue weighted by Gasteiger charge is 2.70. The van der Waals surface area contributed by atoms with Gasteiger partial charge >= 0.3 is 12.1 Å². The largest absolute Gasteiger partial charge is 0.471 e. The zero-order chi connectivity index (χ0) is 30.7. The molecular weight excluding hydrogens is 539 g/mol. The first kappa shape index (κ1) is 30.1. The van der Waals surface area contributed by atoms with Crippen LogP contribution in [-0.4, -0.2) is 58.5 Å². The summed E-state index contributed by atoms with van der Waals surface area (Å²) in [7, 11) is 0. The van der Waals surface area contributed by atoms with E-state index < -0.39 is 53.0 Å². The number of hydrogen-bond acceptors (Lipinski definition) is 5. The van der Waals surface area contributed by atoms with E-state index in [2.05, 4.69) is 10.3 Å². The van der Waals surface area contributed by atoms with E-state index in [1.165, 1.54) is 25.7 Å². The van der Waals surface area contributed by atoms with Crippen molar-refractivity contribution in [2.75, 3.05) is 6.54 Å². The Morgan fingerprint density at radius 3 is 2.41 bits per heavy atom. The van der Waals surface area contributed by atoms with Crippen LogP contribution in [0.25, 0.3) is 10.9 Å². The number of hydrogen-bond donors (Lipinski definition) is 3. The molecule has 4 rings (SSSR count). The van der Waals surface area contributed by atoms with E-state index in [0.717, 1.165) is 10.9 Å². The Morgan fingerprint density at radius 1 is 1.17 bits per heavy atom. The maximum Gasteiger partial charge on any atom is 0.471 e. The van der Waals surface area contributed by atoms with E-state index in [1.54, 1.807) is 6.07 Å². The van der Waals surface area contributed by atoms with Gasteiger partial charge in [0.05, 0.1) is 6.07 Å². The van der Waals surface area contributed by atoms with Gasteiger partial charge < -0.3 is 20.5 Å². The number of nitriles is 1. The van der Waals surface area contributed by atoms with Gasteiger partial charge in [0.1, 0.15) is 18.1 Å². The number of likely N-dealkylation sites (tertiary alicyclic amines) is 1. The van der Waals surface area contributed by atoms with E-state index in [9.17, 15) is 37.6 Å². The summed E-state index contributed by atoms with van der Waals surface area (Å²) in [6.45, 7) is 10.5. The Bertz CT molecular complexity index is 1500. The molecule has 1 unspecified atom stereocenters. The third-order valence-corrected chi connectivity index (χ3v) is 8.38. The number of aromatic amines is 1. The molecule has 1 saturated carbocycles. The first-order valence-electron chi connectivity index (χ1n) is 13.4. The minimum absolute atomic E-state index is 0.0755. The van der Waals surface area contributed by atoms with Crippen LogP contribution in [0.3, 0.4) is 0 Å². The van der Waals surface area contributed by atoms with E-state index >= 15 is 0 Å². The molecule has 2 aliphatic rings. The Morgan fingerprint density at radius 2 is 1.83 bits per heavy atom. The second-order valence-corrected chi connectivity index (χ2v) is 12.8. The molecule has 0 bridgehead atoms. The highest BCUT2D eigenvalue weighted by Crippen LogP contribution is 2.65. The summed E-state index contributed by atoms with van der Waals surface area (Å²) in [5.41, 5.74) is 0.107. The fourth-order valence-corrected chi connectivity index (χ4v) is 5.96. The maximum atomic E-state index is 13.6. The zero-order valence-corrected chi connectivity index (χ0v) is 23.8. The van der Waals surface area contributed by atoms with Crippen LogP contribution in [0, 0.1) is 40.9 Å². The summed E-state index contributed by atoms with van der Waals surface area (Å²) in [6.07, 6.45) is -5.28. The molecular formula is C29H34F3N5O4. The van der Waals surface area contributed by atoms with Crippen molar-refractivity contribution in [2.24, 2.45) is 22.7 Å². The van der Waals surface area contributed by atoms with Crippen LogP contribution < -0.4 is 16.2 Å². The summed E-state index contributed by atoms with van der Waals surface area (Å²) in [5.74, 6) is -4.03. The molecule has 3 N–H and O–H groups in total. The summed E-state index contributed by atoms with van der Waals surface area (Å²) in [5, 5.41) is 15.1. The number of pyridine rings is 1. The molecule has 9 nitrogen and oxygen atoms in total. The van der Waals surface area contributed by atoms with Gasteiger partial charge in [-0.2, -0.15) is 18.4 Å². The second-order valence-electron chi connectivity index (χ2n) is 12.8. The molecule has 5 atom stereocenters. The molecule has 2 heterocycles. The number of benzene rings is 1. The van der Waals surface area contributed by atoms with Gasteiger partial charge in [-0.15, -0.1) is 0 Å². The quantitative estimate of drug-likeness (QED) is 0.489. The van der Waals surface area contributed by atoms with E-state index in [0.29, 0.717) is 11.1 Å². The molecule has 1 aromatic carbocycles. The number of aryl methyl sites for hydroxylation is 1. The Labute approximate surface area is 235 Å². The normalized spacial score (nSPS) is 22.8. The Kier molecular flexibility index (Phi) is 7.48. The van der Waals surface area contributed by atoms with Crippen molar-refractivity contribution in [3.8, 4) is 6.07 Å². The van der Waals surface area contributed by atoms with Gasteiger partial charge in [0, 0.05) is 24.0 Å². The summed E-state index contributed by atoms with van der Waals surface area (Å²) >= 11 is 0. The number of alkyl halides is 3. The highest BCUT2D eigenvalue weighted by molar-refractivity contribution is 5.95. The van der Waals surface area contributed by atoms with Crippen LogP contribution in [0.5, 0.6) is 0 Å². The molecule has 0 radical (unpaired) electrons. The van der Waals surface area contributed by atoms with E-state index in [1.807, 2.05) is 50.4 Å². The van der Waals surface area contributed by atoms with E-state index in [-0.39, 0.29) is 30.2 Å². The summed E-state index contributed by atoms with van der Waals surface area (Å²) in [4.78, 5) is 55.8. The van der Waals surface area contributed by atoms with Crippen LogP contribution in [0.15, 0.2) is 29.1 Å². The molecule has 41 heavy (non-hydrogen) atoms. The fourth-order valence-electron chi connectivity index (χ4n) is 5.96. The number of H-pyrrole nitrogens is 1. The number of fused-ring (bicyclic) bond motifs is 2. The number of nitrogens with one attached hydrogen (secondary N) is 3. The second kappa shape index (κ2) is 10.2. The lowest BCUT2D eigenvalue weighted by molar-refractivity contribution is -0.176. The summed E-state index contributed by atoms with van der Waals surface area (Å²) < 4.78 is 39.2. The summed E-state index contributed by atoms with van der Waals surface area (Å²) in [6, 6.07) is 5.51. The third kappa shape index (κ3) is 5.80. The minimum Gasteiger partial charge on any atom is -0.338 e. The van der Waals surface area contributed by atoms with Crippen molar-refractivity contribution in [3.05, 3.63) is 45.7 Å². The van der Waals surface area contributed by atoms with Crippen molar-refractivity contribution in [1.82, 2.24) is 20.5 Å². The van der Waals surface area contributed by atoms with Crippen molar-refractivity contribution in [1.29, 1.82) is 5.26 Å².